The summed E-state index contributed by atoms with van der Waals surface area (Å²) in [7, 11) is 0. The molecule has 1 rings (SSSR count). The Bertz CT molecular complexity index is 376. The van der Waals surface area contributed by atoms with Gasteiger partial charge < -0.3 is 20.1 Å². The highest BCUT2D eigenvalue weighted by atomic mass is 16.6. The van der Waals surface area contributed by atoms with Gasteiger partial charge in [0.2, 0.25) is 0 Å². The van der Waals surface area contributed by atoms with Crippen molar-refractivity contribution in [3.8, 4) is 0 Å². The molecule has 1 heterocycles. The summed E-state index contributed by atoms with van der Waals surface area (Å²) in [6.45, 7) is 9.13. The molecule has 1 aliphatic heterocycles. The highest BCUT2D eigenvalue weighted by Gasteiger charge is 2.34. The van der Waals surface area contributed by atoms with Crippen molar-refractivity contribution in [2.45, 2.75) is 45.8 Å². The minimum absolute atomic E-state index is 0.0542. The fourth-order valence-electron chi connectivity index (χ4n) is 1.55. The number of nitrogens with two attached hydrogens (primary N) is 1. The quantitative estimate of drug-likeness (QED) is 0.362. The van der Waals surface area contributed by atoms with E-state index in [0.717, 1.165) is 6.42 Å². The van der Waals surface area contributed by atoms with Crippen LogP contribution in [-0.2, 0) is 9.47 Å². The molecule has 1 amide bonds. The Hall–Kier alpha value is -1.72. The van der Waals surface area contributed by atoms with Crippen LogP contribution in [0.25, 0.3) is 0 Å². The van der Waals surface area contributed by atoms with E-state index in [1.807, 2.05) is 26.8 Å². The first-order valence-corrected chi connectivity index (χ1v) is 6.83. The topological polar surface area (TPSA) is 77.2 Å². The number of likely N-dealkylation sites (tertiary alicyclic amines) is 1. The number of aliphatic imine (C=N–C) groups is 1. The second-order valence-corrected chi connectivity index (χ2v) is 5.83. The monoisotopic (exact) mass is 283 g/mol. The lowest BCUT2D eigenvalue weighted by Gasteiger charge is -2.38. The maximum absolute atomic E-state index is 11.7. The Morgan fingerprint density at radius 3 is 2.65 bits per heavy atom. The maximum Gasteiger partial charge on any atom is 0.410 e. The summed E-state index contributed by atoms with van der Waals surface area (Å²) in [6.07, 6.45) is 4.13. The normalized spacial score (nSPS) is 17.2. The van der Waals surface area contributed by atoms with Crippen LogP contribution in [0.15, 0.2) is 17.3 Å². The number of ether oxygens (including phenoxy) is 2. The molecule has 0 atom stereocenters. The van der Waals surface area contributed by atoms with Crippen molar-refractivity contribution >= 4 is 11.9 Å². The summed E-state index contributed by atoms with van der Waals surface area (Å²) in [5.74, 6) is 0.589. The lowest BCUT2D eigenvalue weighted by atomic mass is 10.2. The van der Waals surface area contributed by atoms with E-state index in [4.69, 9.17) is 15.2 Å². The SMILES string of the molecule is C/C(N)=N/CC/C=C/OC1CN(C(=O)OC(C)(C)C)C1. The molecule has 0 aliphatic carbocycles. The number of carbonyl (C=O) groups is 1. The summed E-state index contributed by atoms with van der Waals surface area (Å²) < 4.78 is 10.7. The molecule has 6 nitrogen and oxygen atoms in total. The zero-order valence-corrected chi connectivity index (χ0v) is 12.8. The minimum Gasteiger partial charge on any atom is -0.495 e. The van der Waals surface area contributed by atoms with Gasteiger partial charge in [0.05, 0.1) is 25.2 Å². The molecular formula is C14H25N3O3. The molecule has 1 saturated heterocycles. The lowest BCUT2D eigenvalue weighted by Crippen LogP contribution is -2.55. The zero-order chi connectivity index (χ0) is 15.2. The first kappa shape index (κ1) is 16.3. The molecule has 1 fully saturated rings. The second kappa shape index (κ2) is 7.17. The molecule has 0 radical (unpaired) electrons. The van der Waals surface area contributed by atoms with Gasteiger partial charge in [0, 0.05) is 6.54 Å². The van der Waals surface area contributed by atoms with Crippen molar-refractivity contribution in [3.05, 3.63) is 12.3 Å². The average Bonchev–Trinajstić information content (AvgIpc) is 2.21. The second-order valence-electron chi connectivity index (χ2n) is 5.83. The van der Waals surface area contributed by atoms with Crippen molar-refractivity contribution in [1.29, 1.82) is 0 Å². The molecule has 0 aromatic rings. The standard InChI is InChI=1S/C14H25N3O3/c1-11(15)16-7-5-6-8-19-12-9-17(10-12)13(18)20-14(2,3)4/h6,8,12H,5,7,9-10H2,1-4H3,(H2,15,16)/b8-6+. The van der Waals surface area contributed by atoms with E-state index in [2.05, 4.69) is 4.99 Å². The van der Waals surface area contributed by atoms with Gasteiger partial charge in [0.1, 0.15) is 11.7 Å². The molecule has 6 heteroatoms. The number of amides is 1. The number of nitrogens with zero attached hydrogens (tertiary/aromatic N) is 2. The third-order valence-corrected chi connectivity index (χ3v) is 2.52. The molecule has 0 aromatic heterocycles. The van der Waals surface area contributed by atoms with Crippen LogP contribution in [0.4, 0.5) is 4.79 Å². The predicted molar refractivity (Wildman–Crippen MR) is 78.6 cm³/mol. The van der Waals surface area contributed by atoms with Crippen molar-refractivity contribution in [2.24, 2.45) is 10.7 Å². The summed E-state index contributed by atoms with van der Waals surface area (Å²) in [5, 5.41) is 0. The molecule has 0 aromatic carbocycles. The summed E-state index contributed by atoms with van der Waals surface area (Å²) in [5.41, 5.74) is 4.96. The number of hydrogen-bond donors (Lipinski definition) is 1. The van der Waals surface area contributed by atoms with Crippen molar-refractivity contribution in [3.63, 3.8) is 0 Å². The van der Waals surface area contributed by atoms with Gasteiger partial charge in [-0.1, -0.05) is 0 Å². The van der Waals surface area contributed by atoms with Crippen LogP contribution in [0.5, 0.6) is 0 Å². The Morgan fingerprint density at radius 2 is 2.10 bits per heavy atom. The van der Waals surface area contributed by atoms with Gasteiger partial charge in [-0.25, -0.2) is 4.79 Å². The third kappa shape index (κ3) is 6.45. The highest BCUT2D eigenvalue weighted by molar-refractivity contribution is 5.77. The smallest absolute Gasteiger partial charge is 0.410 e. The van der Waals surface area contributed by atoms with Crippen molar-refractivity contribution in [2.75, 3.05) is 19.6 Å². The largest absolute Gasteiger partial charge is 0.495 e. The van der Waals surface area contributed by atoms with E-state index >= 15 is 0 Å². The average molecular weight is 283 g/mol. The molecule has 0 unspecified atom stereocenters. The van der Waals surface area contributed by atoms with Gasteiger partial charge in [-0.3, -0.25) is 4.99 Å². The van der Waals surface area contributed by atoms with Gasteiger partial charge in [0.15, 0.2) is 0 Å². The van der Waals surface area contributed by atoms with Crippen LogP contribution < -0.4 is 5.73 Å². The van der Waals surface area contributed by atoms with Gasteiger partial charge >= 0.3 is 6.09 Å². The molecular weight excluding hydrogens is 258 g/mol. The van der Waals surface area contributed by atoms with Crippen LogP contribution >= 0.6 is 0 Å². The first-order chi connectivity index (χ1) is 9.28. The van der Waals surface area contributed by atoms with Crippen LogP contribution in [0.1, 0.15) is 34.1 Å². The van der Waals surface area contributed by atoms with E-state index in [1.54, 1.807) is 18.1 Å². The van der Waals surface area contributed by atoms with Gasteiger partial charge in [-0.15, -0.1) is 0 Å². The molecule has 20 heavy (non-hydrogen) atoms. The molecule has 0 saturated carbocycles. The van der Waals surface area contributed by atoms with E-state index < -0.39 is 5.60 Å². The van der Waals surface area contributed by atoms with E-state index in [0.29, 0.717) is 25.5 Å². The molecule has 2 N–H and O–H groups in total. The number of carbonyl (C=O) groups excluding carboxylic acids is 1. The van der Waals surface area contributed by atoms with E-state index in [-0.39, 0.29) is 12.2 Å². The summed E-state index contributed by atoms with van der Waals surface area (Å²) in [6, 6.07) is 0. The van der Waals surface area contributed by atoms with Gasteiger partial charge in [-0.05, 0) is 40.2 Å². The molecule has 0 bridgehead atoms. The van der Waals surface area contributed by atoms with Crippen LogP contribution in [0.2, 0.25) is 0 Å². The first-order valence-electron chi connectivity index (χ1n) is 6.83. The van der Waals surface area contributed by atoms with E-state index in [9.17, 15) is 4.79 Å². The number of rotatable bonds is 5. The molecule has 0 spiro atoms. The predicted octanol–water partition coefficient (Wildman–Crippen LogP) is 1.90. The van der Waals surface area contributed by atoms with Crippen molar-refractivity contribution in [1.82, 2.24) is 4.90 Å². The zero-order valence-electron chi connectivity index (χ0n) is 12.8. The molecule has 1 aliphatic rings. The Morgan fingerprint density at radius 1 is 1.45 bits per heavy atom. The van der Waals surface area contributed by atoms with Crippen LogP contribution in [0, 0.1) is 0 Å². The Balaban J connectivity index is 2.12. The van der Waals surface area contributed by atoms with Gasteiger partial charge in [-0.2, -0.15) is 0 Å². The summed E-state index contributed by atoms with van der Waals surface area (Å²) >= 11 is 0. The number of hydrogen-bond acceptors (Lipinski definition) is 4. The van der Waals surface area contributed by atoms with Gasteiger partial charge in [0.25, 0.3) is 0 Å². The van der Waals surface area contributed by atoms with Crippen LogP contribution in [-0.4, -0.2) is 48.2 Å². The minimum atomic E-state index is -0.454. The Kier molecular flexibility index (Phi) is 5.85. The highest BCUT2D eigenvalue weighted by Crippen LogP contribution is 2.17. The van der Waals surface area contributed by atoms with Crippen molar-refractivity contribution < 1.29 is 14.3 Å². The number of amidine groups is 1. The molecule has 114 valence electrons. The lowest BCUT2D eigenvalue weighted by molar-refractivity contribution is -0.0352. The maximum atomic E-state index is 11.7. The fraction of sp³-hybridized carbons (Fsp3) is 0.714. The van der Waals surface area contributed by atoms with Crippen LogP contribution in [0.3, 0.4) is 0 Å². The third-order valence-electron chi connectivity index (χ3n) is 2.52. The Labute approximate surface area is 120 Å². The summed E-state index contributed by atoms with van der Waals surface area (Å²) in [4.78, 5) is 17.4. The fourth-order valence-corrected chi connectivity index (χ4v) is 1.55. The van der Waals surface area contributed by atoms with E-state index in [1.165, 1.54) is 0 Å².